The van der Waals surface area contributed by atoms with E-state index in [1.807, 2.05) is 6.07 Å². The maximum atomic E-state index is 14.6. The van der Waals surface area contributed by atoms with Crippen LogP contribution >= 0.6 is 45.9 Å². The Bertz CT molecular complexity index is 4240. The number of fused-ring (bicyclic) bond motifs is 4. The topological polar surface area (TPSA) is 178 Å². The summed E-state index contributed by atoms with van der Waals surface area (Å²) in [5, 5.41) is 19.5. The monoisotopic (exact) mass is 1010 g/mol. The van der Waals surface area contributed by atoms with Crippen LogP contribution in [0.1, 0.15) is 24.2 Å². The van der Waals surface area contributed by atoms with Crippen molar-refractivity contribution in [1.29, 1.82) is 5.26 Å². The zero-order chi connectivity index (χ0) is 48.7. The van der Waals surface area contributed by atoms with Crippen molar-refractivity contribution in [2.75, 3.05) is 0 Å². The normalized spacial score (nSPS) is 11.6. The zero-order valence-electron chi connectivity index (χ0n) is 36.3. The van der Waals surface area contributed by atoms with Gasteiger partial charge in [0.05, 0.1) is 68.8 Å². The van der Waals surface area contributed by atoms with Gasteiger partial charge in [-0.15, -0.1) is 22.7 Å². The Morgan fingerprint density at radius 3 is 1.94 bits per heavy atom. The fourth-order valence-corrected chi connectivity index (χ4v) is 11.2. The van der Waals surface area contributed by atoms with Crippen LogP contribution in [-0.2, 0) is 27.2 Å². The fourth-order valence-electron chi connectivity index (χ4n) is 8.30. The average molecular weight is 1010 g/mol. The van der Waals surface area contributed by atoms with Gasteiger partial charge in [0.1, 0.15) is 26.4 Å². The number of thiophene rings is 2. The van der Waals surface area contributed by atoms with Crippen molar-refractivity contribution in [2.45, 2.75) is 39.8 Å². The molecule has 0 aliphatic rings. The van der Waals surface area contributed by atoms with Gasteiger partial charge in [-0.3, -0.25) is 33.1 Å². The summed E-state index contributed by atoms with van der Waals surface area (Å²) in [4.78, 5) is 71.9. The number of hydrogen-bond donors (Lipinski definition) is 0. The highest BCUT2D eigenvalue weighted by Gasteiger charge is 2.28. The van der Waals surface area contributed by atoms with Crippen molar-refractivity contribution >= 4 is 93.9 Å². The van der Waals surface area contributed by atoms with Gasteiger partial charge in [0, 0.05) is 59.5 Å². The third-order valence-electron chi connectivity index (χ3n) is 11.8. The second kappa shape index (κ2) is 17.1. The summed E-state index contributed by atoms with van der Waals surface area (Å²) in [6, 6.07) is 13.7. The SMILES string of the molecule is Cc1c2c(-n3c(=O)c4sc(-c5cc(F)c(F)cc5Cl)cc4n(CCC#[N+]c4ncc(-n5c(=O)c6sc(-c7ccc(F)cc7Cl)cc6n(CCC#N)c5=O)c5c(C)n(C)nc45)c3=O)cncc2nn1C. The van der Waals surface area contributed by atoms with Gasteiger partial charge in [-0.2, -0.15) is 20.3 Å². The molecule has 0 bridgehead atoms. The minimum atomic E-state index is -1.15. The number of rotatable bonds is 8. The molecule has 0 N–H and O–H groups in total. The van der Waals surface area contributed by atoms with Crippen molar-refractivity contribution in [3.63, 3.8) is 0 Å². The lowest BCUT2D eigenvalue weighted by atomic mass is 10.1. The average Bonchev–Trinajstić information content (AvgIpc) is 4.09. The van der Waals surface area contributed by atoms with Crippen molar-refractivity contribution in [3.8, 4) is 44.4 Å². The van der Waals surface area contributed by atoms with E-state index in [0.29, 0.717) is 43.0 Å². The first-order valence-electron chi connectivity index (χ1n) is 20.7. The second-order valence-electron chi connectivity index (χ2n) is 15.8. The second-order valence-corrected chi connectivity index (χ2v) is 18.7. The number of halogens is 5. The lowest BCUT2D eigenvalue weighted by molar-refractivity contribution is 0.509. The van der Waals surface area contributed by atoms with Crippen molar-refractivity contribution < 1.29 is 13.2 Å². The standard InChI is InChI=1S/C46H30Cl2F3N12O4S2/c1-21-37-30(56-58(21)3)18-53-19-33(37)62-43(64)41-32(17-36(69-41)25-14-28(50)29(51)15-27(25)48)61(46(62)67)12-6-10-54-42-39-38(22(2)59(4)57-39)34(20-55-42)63-44(65)40-31(60(45(63)66)11-5-9-52)16-35(68-40)24-8-7-23(49)13-26(24)47/h7-8,13-20H,5-6,11-12H2,1-4H3/q+1. The van der Waals surface area contributed by atoms with E-state index in [0.717, 1.165) is 50.0 Å². The maximum absolute atomic E-state index is 14.6. The Morgan fingerprint density at radius 2 is 1.29 bits per heavy atom. The van der Waals surface area contributed by atoms with Crippen LogP contribution in [0.25, 0.3) is 79.3 Å². The summed E-state index contributed by atoms with van der Waals surface area (Å²) < 4.78 is 50.7. The lowest BCUT2D eigenvalue weighted by Crippen LogP contribution is -2.38. The molecule has 0 aliphatic carbocycles. The molecule has 0 radical (unpaired) electrons. The molecule has 8 aromatic heterocycles. The molecule has 0 saturated heterocycles. The van der Waals surface area contributed by atoms with Crippen molar-refractivity contribution in [2.24, 2.45) is 14.1 Å². The summed E-state index contributed by atoms with van der Waals surface area (Å²) in [5.74, 6) is -2.78. The van der Waals surface area contributed by atoms with Gasteiger partial charge < -0.3 is 0 Å². The molecule has 10 aromatic rings. The summed E-state index contributed by atoms with van der Waals surface area (Å²) >= 11 is 14.8. The first-order chi connectivity index (χ1) is 33.1. The molecule has 2 aromatic carbocycles. The summed E-state index contributed by atoms with van der Waals surface area (Å²) in [6.45, 7) is 3.39. The number of nitriles is 1. The summed E-state index contributed by atoms with van der Waals surface area (Å²) in [7, 11) is 3.39. The van der Waals surface area contributed by atoms with Gasteiger partial charge in [-0.25, -0.2) is 31.9 Å². The van der Waals surface area contributed by atoms with Gasteiger partial charge in [0.2, 0.25) is 5.52 Å². The minimum absolute atomic E-state index is 0.0338. The molecule has 8 heterocycles. The minimum Gasteiger partial charge on any atom is -0.291 e. The number of aryl methyl sites for hydroxylation is 6. The van der Waals surface area contributed by atoms with E-state index < -0.39 is 39.9 Å². The predicted octanol–water partition coefficient (Wildman–Crippen LogP) is 8.95. The van der Waals surface area contributed by atoms with Crippen LogP contribution in [0.3, 0.4) is 0 Å². The lowest BCUT2D eigenvalue weighted by Gasteiger charge is -2.11. The molecule has 0 fully saturated rings. The Balaban J connectivity index is 1.08. The number of hydrogen-bond acceptors (Lipinski definition) is 11. The molecule has 0 aliphatic heterocycles. The van der Waals surface area contributed by atoms with Crippen LogP contribution in [0.15, 0.2) is 80.2 Å². The van der Waals surface area contributed by atoms with Gasteiger partial charge in [0.25, 0.3) is 11.1 Å². The Labute approximate surface area is 402 Å². The van der Waals surface area contributed by atoms with Gasteiger partial charge in [-0.05, 0) is 61.3 Å². The predicted molar refractivity (Wildman–Crippen MR) is 259 cm³/mol. The summed E-state index contributed by atoms with van der Waals surface area (Å²) in [5.41, 5.74) is 0.385. The van der Waals surface area contributed by atoms with Crippen LogP contribution < -0.4 is 22.5 Å². The Hall–Kier alpha value is -7.69. The Kier molecular flexibility index (Phi) is 11.2. The van der Waals surface area contributed by atoms with Crippen LogP contribution in [0.2, 0.25) is 10.0 Å². The molecule has 0 atom stereocenters. The molecule has 0 unspecified atom stereocenters. The number of aromatic nitrogens is 10. The molecule has 69 heavy (non-hydrogen) atoms. The molecule has 0 saturated carbocycles. The first-order valence-corrected chi connectivity index (χ1v) is 23.1. The molecule has 344 valence electrons. The third-order valence-corrected chi connectivity index (χ3v) is 14.7. The van der Waals surface area contributed by atoms with Crippen molar-refractivity contribution in [1.82, 2.24) is 47.8 Å². The molecule has 23 heteroatoms. The van der Waals surface area contributed by atoms with Crippen molar-refractivity contribution in [3.05, 3.63) is 146 Å². The van der Waals surface area contributed by atoms with Crippen LogP contribution in [0.4, 0.5) is 19.0 Å². The van der Waals surface area contributed by atoms with Crippen LogP contribution in [0, 0.1) is 48.7 Å². The number of pyridine rings is 2. The molecule has 0 spiro atoms. The van der Waals surface area contributed by atoms with E-state index in [9.17, 15) is 37.6 Å². The highest BCUT2D eigenvalue weighted by atomic mass is 35.5. The highest BCUT2D eigenvalue weighted by molar-refractivity contribution is 7.22. The summed E-state index contributed by atoms with van der Waals surface area (Å²) in [6.07, 6.45) is 4.15. The van der Waals surface area contributed by atoms with Gasteiger partial charge >= 0.3 is 17.2 Å². The zero-order valence-corrected chi connectivity index (χ0v) is 39.5. The maximum Gasteiger partial charge on any atom is 0.453 e. The molecule has 10 rings (SSSR count). The fraction of sp³-hybridized carbons (Fsp3) is 0.174. The highest BCUT2D eigenvalue weighted by Crippen LogP contribution is 2.39. The van der Waals surface area contributed by atoms with E-state index in [2.05, 4.69) is 31.1 Å². The third kappa shape index (κ3) is 7.33. The molecular weight excluding hydrogens is 977 g/mol. The van der Waals surface area contributed by atoms with E-state index in [1.54, 1.807) is 43.4 Å². The van der Waals surface area contributed by atoms with E-state index in [-0.39, 0.29) is 84.7 Å². The van der Waals surface area contributed by atoms with Gasteiger partial charge in [0.15, 0.2) is 23.9 Å². The Morgan fingerprint density at radius 1 is 0.710 bits per heavy atom. The first kappa shape index (κ1) is 45.1. The largest absolute Gasteiger partial charge is 0.453 e. The van der Waals surface area contributed by atoms with Crippen LogP contribution in [0.5, 0.6) is 0 Å². The van der Waals surface area contributed by atoms with E-state index >= 15 is 0 Å². The van der Waals surface area contributed by atoms with E-state index in [1.165, 1.54) is 45.9 Å². The molecular formula is C46H30Cl2F3N12O4S2+. The number of benzene rings is 2. The van der Waals surface area contributed by atoms with E-state index in [4.69, 9.17) is 23.2 Å². The van der Waals surface area contributed by atoms with Crippen LogP contribution in [-0.4, -0.2) is 47.8 Å². The smallest absolute Gasteiger partial charge is 0.291 e. The molecule has 0 amide bonds. The molecule has 16 nitrogen and oxygen atoms in total. The quantitative estimate of drug-likeness (QED) is 0.135. The van der Waals surface area contributed by atoms with Gasteiger partial charge in [-0.1, -0.05) is 23.2 Å². The number of nitrogens with zero attached hydrogens (tertiary/aromatic N) is 12.